The van der Waals surface area contributed by atoms with Gasteiger partial charge >= 0.3 is 0 Å². The lowest BCUT2D eigenvalue weighted by Gasteiger charge is -2.38. The van der Waals surface area contributed by atoms with Crippen LogP contribution in [0, 0.1) is 17.2 Å². The fourth-order valence-corrected chi connectivity index (χ4v) is 3.55. The lowest BCUT2D eigenvalue weighted by atomic mass is 9.94. The molecule has 0 saturated carbocycles. The first-order valence-corrected chi connectivity index (χ1v) is 8.59. The van der Waals surface area contributed by atoms with Crippen molar-refractivity contribution in [1.82, 2.24) is 15.6 Å². The number of hydrogen-bond donors (Lipinski definition) is 2. The van der Waals surface area contributed by atoms with E-state index in [-0.39, 0.29) is 11.9 Å². The number of anilines is 1. The van der Waals surface area contributed by atoms with Gasteiger partial charge in [-0.1, -0.05) is 6.92 Å². The van der Waals surface area contributed by atoms with Crippen LogP contribution >= 0.6 is 0 Å². The Kier molecular flexibility index (Phi) is 5.15. The second-order valence-corrected chi connectivity index (χ2v) is 6.64. The smallest absolute Gasteiger partial charge is 0.233 e. The molecule has 130 valence electrons. The number of aromatic nitrogens is 1. The molecule has 0 aliphatic carbocycles. The summed E-state index contributed by atoms with van der Waals surface area (Å²) in [4.78, 5) is 18.2. The van der Waals surface area contributed by atoms with E-state index in [1.807, 2.05) is 24.3 Å². The highest BCUT2D eigenvalue weighted by atomic mass is 16.1. The van der Waals surface area contributed by atoms with Crippen molar-refractivity contribution in [2.45, 2.75) is 19.4 Å². The second-order valence-electron chi connectivity index (χ2n) is 6.64. The molecule has 0 unspecified atom stereocenters. The third kappa shape index (κ3) is 3.72. The Morgan fingerprint density at radius 3 is 3.00 bits per heavy atom. The highest BCUT2D eigenvalue weighted by Crippen LogP contribution is 2.31. The predicted molar refractivity (Wildman–Crippen MR) is 98.3 cm³/mol. The minimum absolute atomic E-state index is 0.00204. The summed E-state index contributed by atoms with van der Waals surface area (Å²) in [5, 5.41) is 16.3. The number of hydrogen-bond acceptors (Lipinski definition) is 5. The zero-order valence-corrected chi connectivity index (χ0v) is 14.6. The molecule has 25 heavy (non-hydrogen) atoms. The van der Waals surface area contributed by atoms with E-state index >= 15 is 0 Å². The summed E-state index contributed by atoms with van der Waals surface area (Å²) in [7, 11) is 1.65. The van der Waals surface area contributed by atoms with Gasteiger partial charge in [0, 0.05) is 43.4 Å². The monoisotopic (exact) mass is 337 g/mol. The zero-order valence-electron chi connectivity index (χ0n) is 14.6. The van der Waals surface area contributed by atoms with E-state index in [4.69, 9.17) is 0 Å². The molecule has 1 amide bonds. The van der Waals surface area contributed by atoms with Crippen LogP contribution in [-0.2, 0) is 4.79 Å². The number of nitrogens with one attached hydrogen (secondary N) is 2. The average Bonchev–Trinajstić information content (AvgIpc) is 2.64. The Hall–Kier alpha value is -2.65. The van der Waals surface area contributed by atoms with Gasteiger partial charge in [-0.3, -0.25) is 9.78 Å². The molecule has 2 atom stereocenters. The first kappa shape index (κ1) is 17.2. The Balaban J connectivity index is 1.87. The van der Waals surface area contributed by atoms with Gasteiger partial charge in [-0.05, 0) is 36.6 Å². The van der Waals surface area contributed by atoms with Crippen molar-refractivity contribution in [2.24, 2.45) is 5.92 Å². The minimum Gasteiger partial charge on any atom is -0.369 e. The lowest BCUT2D eigenvalue weighted by Crippen LogP contribution is -2.50. The van der Waals surface area contributed by atoms with Crippen molar-refractivity contribution < 1.29 is 4.79 Å². The van der Waals surface area contributed by atoms with Crippen LogP contribution in [0.1, 0.15) is 18.9 Å². The van der Waals surface area contributed by atoms with Crippen LogP contribution in [-0.4, -0.2) is 43.6 Å². The van der Waals surface area contributed by atoms with Crippen LogP contribution < -0.4 is 15.5 Å². The lowest BCUT2D eigenvalue weighted by molar-refractivity contribution is -0.119. The Bertz CT molecular complexity index is 813. The standard InChI is InChI=1S/C19H23N5O/c1-13-8-15(23-10-18(25)21-2)12-24(11-13)17-6-5-14(9-20)19-16(17)4-3-7-22-19/h3-7,13,15,23H,8,10-12H2,1-2H3,(H,21,25)/t13-,15+/m0/s1. The summed E-state index contributed by atoms with van der Waals surface area (Å²) in [5.74, 6) is 0.510. The molecule has 1 aliphatic rings. The van der Waals surface area contributed by atoms with E-state index < -0.39 is 0 Å². The fraction of sp³-hybridized carbons (Fsp3) is 0.421. The first-order valence-electron chi connectivity index (χ1n) is 8.59. The maximum atomic E-state index is 11.5. The van der Waals surface area contributed by atoms with Crippen molar-refractivity contribution in [3.63, 3.8) is 0 Å². The number of carbonyl (C=O) groups excluding carboxylic acids is 1. The van der Waals surface area contributed by atoms with Gasteiger partial charge in [0.2, 0.25) is 5.91 Å². The van der Waals surface area contributed by atoms with Gasteiger partial charge in [0.25, 0.3) is 0 Å². The van der Waals surface area contributed by atoms with Crippen LogP contribution in [0.5, 0.6) is 0 Å². The minimum atomic E-state index is -0.00204. The van der Waals surface area contributed by atoms with Crippen molar-refractivity contribution in [1.29, 1.82) is 5.26 Å². The molecule has 0 radical (unpaired) electrons. The van der Waals surface area contributed by atoms with Crippen molar-refractivity contribution in [2.75, 3.05) is 31.6 Å². The molecule has 2 aromatic rings. The van der Waals surface area contributed by atoms with Gasteiger partial charge in [0.05, 0.1) is 17.6 Å². The summed E-state index contributed by atoms with van der Waals surface area (Å²) in [6.45, 7) is 4.34. The molecule has 3 rings (SSSR count). The average molecular weight is 337 g/mol. The summed E-state index contributed by atoms with van der Waals surface area (Å²) < 4.78 is 0. The van der Waals surface area contributed by atoms with Crippen LogP contribution in [0.2, 0.25) is 0 Å². The SMILES string of the molecule is CNC(=O)CN[C@@H]1C[C@H](C)CN(c2ccc(C#N)c3ncccc23)C1. The second kappa shape index (κ2) is 7.49. The third-order valence-electron chi connectivity index (χ3n) is 4.70. The Morgan fingerprint density at radius 2 is 2.24 bits per heavy atom. The van der Waals surface area contributed by atoms with Gasteiger partial charge in [-0.15, -0.1) is 0 Å². The largest absolute Gasteiger partial charge is 0.369 e. The van der Waals surface area contributed by atoms with Crippen LogP contribution in [0.25, 0.3) is 10.9 Å². The maximum absolute atomic E-state index is 11.5. The number of piperidine rings is 1. The molecule has 6 nitrogen and oxygen atoms in total. The molecule has 0 spiro atoms. The summed E-state index contributed by atoms with van der Waals surface area (Å²) >= 11 is 0. The van der Waals surface area contributed by atoms with E-state index in [1.54, 1.807) is 13.2 Å². The third-order valence-corrected chi connectivity index (χ3v) is 4.70. The molecule has 0 bridgehead atoms. The molecule has 1 saturated heterocycles. The number of pyridine rings is 1. The van der Waals surface area contributed by atoms with Gasteiger partial charge in [-0.2, -0.15) is 5.26 Å². The molecule has 2 heterocycles. The predicted octanol–water partition coefficient (Wildman–Crippen LogP) is 1.66. The van der Waals surface area contributed by atoms with Gasteiger partial charge in [-0.25, -0.2) is 0 Å². The van der Waals surface area contributed by atoms with Gasteiger partial charge < -0.3 is 15.5 Å². The highest BCUT2D eigenvalue weighted by Gasteiger charge is 2.26. The maximum Gasteiger partial charge on any atom is 0.233 e. The fourth-order valence-electron chi connectivity index (χ4n) is 3.55. The molecular formula is C19H23N5O. The molecule has 6 heteroatoms. The van der Waals surface area contributed by atoms with E-state index in [9.17, 15) is 10.1 Å². The number of likely N-dealkylation sites (N-methyl/N-ethyl adjacent to an activating group) is 1. The molecule has 1 aliphatic heterocycles. The first-order chi connectivity index (χ1) is 12.1. The number of benzene rings is 1. The summed E-state index contributed by atoms with van der Waals surface area (Å²) in [5.41, 5.74) is 2.44. The van der Waals surface area contributed by atoms with E-state index in [0.29, 0.717) is 18.0 Å². The topological polar surface area (TPSA) is 81.0 Å². The van der Waals surface area contributed by atoms with Crippen LogP contribution in [0.15, 0.2) is 30.5 Å². The number of nitriles is 1. The molecule has 1 aromatic heterocycles. The normalized spacial score (nSPS) is 20.3. The highest BCUT2D eigenvalue weighted by molar-refractivity contribution is 5.95. The quantitative estimate of drug-likeness (QED) is 0.887. The van der Waals surface area contributed by atoms with Gasteiger partial charge in [0.1, 0.15) is 6.07 Å². The van der Waals surface area contributed by atoms with Gasteiger partial charge in [0.15, 0.2) is 0 Å². The number of carbonyl (C=O) groups is 1. The number of fused-ring (bicyclic) bond motifs is 1. The molecular weight excluding hydrogens is 314 g/mol. The zero-order chi connectivity index (χ0) is 17.8. The van der Waals surface area contributed by atoms with Crippen molar-refractivity contribution in [3.8, 4) is 6.07 Å². The van der Waals surface area contributed by atoms with Crippen molar-refractivity contribution in [3.05, 3.63) is 36.0 Å². The van der Waals surface area contributed by atoms with Crippen LogP contribution in [0.3, 0.4) is 0 Å². The van der Waals surface area contributed by atoms with Crippen molar-refractivity contribution >= 4 is 22.5 Å². The number of nitrogens with zero attached hydrogens (tertiary/aromatic N) is 3. The Labute approximate surface area is 147 Å². The van der Waals surface area contributed by atoms with E-state index in [0.717, 1.165) is 36.1 Å². The number of amides is 1. The summed E-state index contributed by atoms with van der Waals surface area (Å²) in [6, 6.07) is 10.2. The number of rotatable bonds is 4. The molecule has 1 fully saturated rings. The molecule has 1 aromatic carbocycles. The Morgan fingerprint density at radius 1 is 1.40 bits per heavy atom. The summed E-state index contributed by atoms with van der Waals surface area (Å²) in [6.07, 6.45) is 2.76. The molecule has 2 N–H and O–H groups in total. The van der Waals surface area contributed by atoms with E-state index in [2.05, 4.69) is 33.5 Å². The van der Waals surface area contributed by atoms with Crippen LogP contribution in [0.4, 0.5) is 5.69 Å². The van der Waals surface area contributed by atoms with E-state index in [1.165, 1.54) is 0 Å².